The summed E-state index contributed by atoms with van der Waals surface area (Å²) in [5.74, 6) is -1.94. The summed E-state index contributed by atoms with van der Waals surface area (Å²) >= 11 is 0. The largest absolute Gasteiger partial charge is 1.00 e. The van der Waals surface area contributed by atoms with E-state index in [1.165, 1.54) is 6.07 Å². The Morgan fingerprint density at radius 3 is 2.32 bits per heavy atom. The van der Waals surface area contributed by atoms with Crippen molar-refractivity contribution in [3.05, 3.63) is 70.3 Å². The van der Waals surface area contributed by atoms with Crippen LogP contribution in [-0.2, 0) is 19.3 Å². The van der Waals surface area contributed by atoms with Crippen LogP contribution in [0.3, 0.4) is 0 Å². The number of aromatic carboxylic acids is 1. The molecule has 0 amide bonds. The number of phenols is 2. The first-order valence-electron chi connectivity index (χ1n) is 7.85. The molecule has 2 rings (SSSR count). The van der Waals surface area contributed by atoms with Crippen molar-refractivity contribution in [2.75, 3.05) is 0 Å². The number of carbonyl (C=O) groups excluding carboxylic acids is 1. The van der Waals surface area contributed by atoms with Gasteiger partial charge in [-0.2, -0.15) is 0 Å². The first kappa shape index (κ1) is 21.3. The Bertz CT molecular complexity index is 763. The van der Waals surface area contributed by atoms with Gasteiger partial charge in [0.2, 0.25) is 0 Å². The second-order valence-corrected chi connectivity index (χ2v) is 6.02. The van der Waals surface area contributed by atoms with Crippen molar-refractivity contribution in [1.29, 1.82) is 0 Å². The quantitative estimate of drug-likeness (QED) is 0.558. The maximum atomic E-state index is 11.5. The van der Waals surface area contributed by atoms with Gasteiger partial charge in [0.25, 0.3) is 0 Å². The molecule has 25 heavy (non-hydrogen) atoms. The Balaban J connectivity index is 0.00000312. The zero-order chi connectivity index (χ0) is 17.7. The van der Waals surface area contributed by atoms with E-state index in [9.17, 15) is 20.1 Å². The number of allylic oxidation sites excluding steroid dienone is 2. The first-order valence-corrected chi connectivity index (χ1v) is 7.85. The van der Waals surface area contributed by atoms with Gasteiger partial charge in [-0.05, 0) is 50.3 Å². The summed E-state index contributed by atoms with van der Waals surface area (Å²) in [4.78, 5) is 11.5. The van der Waals surface area contributed by atoms with Crippen LogP contribution in [0, 0.1) is 0 Å². The molecule has 0 aliphatic heterocycles. The molecule has 0 bridgehead atoms. The summed E-state index contributed by atoms with van der Waals surface area (Å²) < 4.78 is 0. The normalized spacial score (nSPS) is 10.0. The van der Waals surface area contributed by atoms with Crippen molar-refractivity contribution < 1.29 is 49.7 Å². The van der Waals surface area contributed by atoms with Crippen LogP contribution in [-0.4, -0.2) is 16.2 Å². The van der Waals surface area contributed by atoms with Gasteiger partial charge in [0.1, 0.15) is 11.5 Å². The molecule has 0 saturated carbocycles. The van der Waals surface area contributed by atoms with Crippen molar-refractivity contribution in [1.82, 2.24) is 0 Å². The predicted molar refractivity (Wildman–Crippen MR) is 91.1 cm³/mol. The summed E-state index contributed by atoms with van der Waals surface area (Å²) in [6, 6.07) is 11.0. The molecule has 0 spiro atoms. The number of carboxylic acid groups (broad SMARTS) is 1. The van der Waals surface area contributed by atoms with E-state index in [0.29, 0.717) is 18.4 Å². The molecule has 0 unspecified atom stereocenters. The van der Waals surface area contributed by atoms with Gasteiger partial charge in [-0.15, -0.1) is 0 Å². The third-order valence-electron chi connectivity index (χ3n) is 3.91. The third-order valence-corrected chi connectivity index (χ3v) is 3.91. The van der Waals surface area contributed by atoms with Crippen LogP contribution in [0.2, 0.25) is 0 Å². The van der Waals surface area contributed by atoms with Gasteiger partial charge >= 0.3 is 29.6 Å². The Kier molecular flexibility index (Phi) is 8.23. The fourth-order valence-electron chi connectivity index (χ4n) is 2.60. The van der Waals surface area contributed by atoms with Crippen molar-refractivity contribution in [2.24, 2.45) is 0 Å². The monoisotopic (exact) mass is 348 g/mol. The molecule has 4 nitrogen and oxygen atoms in total. The minimum absolute atomic E-state index is 0. The van der Waals surface area contributed by atoms with E-state index in [4.69, 9.17) is 0 Å². The maximum absolute atomic E-state index is 11.5. The molecule has 0 aromatic heterocycles. The number of hydrogen-bond donors (Lipinski definition) is 2. The van der Waals surface area contributed by atoms with Gasteiger partial charge in [-0.3, -0.25) is 0 Å². The summed E-state index contributed by atoms with van der Waals surface area (Å²) in [6.07, 6.45) is 3.07. The van der Waals surface area contributed by atoms with E-state index in [-0.39, 0.29) is 52.9 Å². The summed E-state index contributed by atoms with van der Waals surface area (Å²) in [5, 5.41) is 32.0. The minimum atomic E-state index is -1.44. The molecular formula is C20H21NaO4. The smallest absolute Gasteiger partial charge is 0.545 e. The number of phenolic OH excluding ortho intramolecular Hbond substituents is 1. The average Bonchev–Trinajstić information content (AvgIpc) is 2.52. The van der Waals surface area contributed by atoms with E-state index in [0.717, 1.165) is 11.1 Å². The number of hydrogen-bond acceptors (Lipinski definition) is 4. The first-order chi connectivity index (χ1) is 11.4. The molecule has 5 heteroatoms. The molecule has 0 atom stereocenters. The topological polar surface area (TPSA) is 80.6 Å². The number of carboxylic acids is 1. The molecule has 0 radical (unpaired) electrons. The van der Waals surface area contributed by atoms with E-state index >= 15 is 0 Å². The molecule has 0 heterocycles. The van der Waals surface area contributed by atoms with Crippen molar-refractivity contribution >= 4 is 5.97 Å². The number of rotatable bonds is 6. The van der Waals surface area contributed by atoms with E-state index in [1.807, 2.05) is 50.3 Å². The Morgan fingerprint density at radius 2 is 1.76 bits per heavy atom. The Hall–Kier alpha value is -1.75. The van der Waals surface area contributed by atoms with Gasteiger partial charge in [0, 0.05) is 11.1 Å². The molecule has 2 aromatic carbocycles. The zero-order valence-electron chi connectivity index (χ0n) is 14.9. The summed E-state index contributed by atoms with van der Waals surface area (Å²) in [7, 11) is 0. The second kappa shape index (κ2) is 9.66. The summed E-state index contributed by atoms with van der Waals surface area (Å²) in [6.45, 7) is 3.78. The van der Waals surface area contributed by atoms with Crippen molar-refractivity contribution in [2.45, 2.75) is 33.1 Å². The molecule has 0 aliphatic rings. The number of carbonyl (C=O) groups is 1. The number of aryl methyl sites for hydroxylation is 2. The predicted octanol–water partition coefficient (Wildman–Crippen LogP) is -0.241. The van der Waals surface area contributed by atoms with Crippen LogP contribution >= 0.6 is 0 Å². The standard InChI is InChI=1S/C20H22O4.Na/c1-13(2)8-11-16-17(21)12-15(18(19(16)22)20(23)24)10-9-14-6-4-3-5-7-14;/h3-8,12,21-22H,9-11H2,1-2H3,(H,23,24);/q;+1/p-1. The van der Waals surface area contributed by atoms with Crippen LogP contribution in [0.1, 0.15) is 40.9 Å². The van der Waals surface area contributed by atoms with Gasteiger partial charge in [-0.1, -0.05) is 42.0 Å². The molecule has 0 fully saturated rings. The third kappa shape index (κ3) is 5.63. The van der Waals surface area contributed by atoms with E-state index in [1.54, 1.807) is 0 Å². The molecule has 2 aromatic rings. The van der Waals surface area contributed by atoms with Crippen LogP contribution in [0.25, 0.3) is 0 Å². The molecular weight excluding hydrogens is 327 g/mol. The molecule has 2 N–H and O–H groups in total. The maximum Gasteiger partial charge on any atom is 1.00 e. The minimum Gasteiger partial charge on any atom is -0.545 e. The van der Waals surface area contributed by atoms with Gasteiger partial charge < -0.3 is 20.1 Å². The van der Waals surface area contributed by atoms with Crippen LogP contribution in [0.4, 0.5) is 0 Å². The fraction of sp³-hybridized carbons (Fsp3) is 0.250. The SMILES string of the molecule is CC(C)=CCc1c(O)cc(CCc2ccccc2)c(C(=O)[O-])c1O.[Na+]. The van der Waals surface area contributed by atoms with E-state index < -0.39 is 11.7 Å². The average molecular weight is 348 g/mol. The molecule has 126 valence electrons. The van der Waals surface area contributed by atoms with E-state index in [2.05, 4.69) is 0 Å². The Morgan fingerprint density at radius 1 is 1.12 bits per heavy atom. The van der Waals surface area contributed by atoms with Crippen LogP contribution in [0.5, 0.6) is 11.5 Å². The second-order valence-electron chi connectivity index (χ2n) is 6.02. The van der Waals surface area contributed by atoms with Crippen molar-refractivity contribution in [3.63, 3.8) is 0 Å². The number of benzene rings is 2. The molecule has 0 saturated heterocycles. The van der Waals surface area contributed by atoms with Crippen molar-refractivity contribution in [3.8, 4) is 11.5 Å². The van der Waals surface area contributed by atoms with Gasteiger partial charge in [-0.25, -0.2) is 0 Å². The number of aromatic hydroxyl groups is 2. The fourth-order valence-corrected chi connectivity index (χ4v) is 2.60. The Labute approximate surface area is 170 Å². The zero-order valence-corrected chi connectivity index (χ0v) is 16.9. The molecule has 0 aliphatic carbocycles. The van der Waals surface area contributed by atoms with Crippen LogP contribution < -0.4 is 34.7 Å². The van der Waals surface area contributed by atoms with Gasteiger partial charge in [0.05, 0.1) is 5.97 Å². The van der Waals surface area contributed by atoms with Crippen LogP contribution in [0.15, 0.2) is 48.0 Å². The summed E-state index contributed by atoms with van der Waals surface area (Å²) in [5.41, 5.74) is 2.40. The van der Waals surface area contributed by atoms with Gasteiger partial charge in [0.15, 0.2) is 0 Å².